The molecule has 1 aliphatic rings. The zero-order valence-corrected chi connectivity index (χ0v) is 14.3. The smallest absolute Gasteiger partial charge is 0.254 e. The highest BCUT2D eigenvalue weighted by atomic mass is 16.5. The lowest BCUT2D eigenvalue weighted by Gasteiger charge is -2.17. The van der Waals surface area contributed by atoms with Crippen molar-refractivity contribution >= 4 is 16.9 Å². The van der Waals surface area contributed by atoms with Crippen LogP contribution in [0.2, 0.25) is 0 Å². The topological polar surface area (TPSA) is 60.2 Å². The molecular weight excluding hydrogens is 316 g/mol. The number of hydrogen-bond acceptors (Lipinski definition) is 4. The first-order valence-electron chi connectivity index (χ1n) is 8.37. The van der Waals surface area contributed by atoms with Gasteiger partial charge in [0, 0.05) is 37.8 Å². The van der Waals surface area contributed by atoms with Crippen LogP contribution in [0.5, 0.6) is 5.75 Å². The molecule has 0 bridgehead atoms. The van der Waals surface area contributed by atoms with E-state index in [1.54, 1.807) is 19.4 Å². The van der Waals surface area contributed by atoms with Crippen LogP contribution in [0.15, 0.2) is 42.7 Å². The number of pyridine rings is 1. The fourth-order valence-corrected chi connectivity index (χ4v) is 3.51. The highest BCUT2D eigenvalue weighted by Gasteiger charge is 2.31. The minimum atomic E-state index is 0.0434. The molecule has 1 aromatic carbocycles. The molecule has 1 unspecified atom stereocenters. The Morgan fingerprint density at radius 3 is 3.00 bits per heavy atom. The fourth-order valence-electron chi connectivity index (χ4n) is 3.51. The van der Waals surface area contributed by atoms with Gasteiger partial charge in [-0.25, -0.2) is 4.98 Å². The van der Waals surface area contributed by atoms with Crippen molar-refractivity contribution in [2.75, 3.05) is 20.2 Å². The standard InChI is InChI=1S/C19H20N4O2/c1-22-17-11-20-8-6-16(17)21-18(22)14-7-9-23(12-14)19(24)13-4-3-5-15(10-13)25-2/h3-6,8,10-11,14H,7,9,12H2,1-2H3. The molecule has 1 fully saturated rings. The maximum absolute atomic E-state index is 12.8. The fraction of sp³-hybridized carbons (Fsp3) is 0.316. The van der Waals surface area contributed by atoms with Gasteiger partial charge < -0.3 is 14.2 Å². The molecule has 0 saturated carbocycles. The van der Waals surface area contributed by atoms with E-state index < -0.39 is 0 Å². The number of aromatic nitrogens is 3. The second kappa shape index (κ2) is 6.20. The Morgan fingerprint density at radius 2 is 2.20 bits per heavy atom. The minimum Gasteiger partial charge on any atom is -0.497 e. The largest absolute Gasteiger partial charge is 0.497 e. The van der Waals surface area contributed by atoms with Gasteiger partial charge in [0.25, 0.3) is 5.91 Å². The third-order valence-electron chi connectivity index (χ3n) is 4.88. The predicted molar refractivity (Wildman–Crippen MR) is 94.8 cm³/mol. The molecule has 0 N–H and O–H groups in total. The van der Waals surface area contributed by atoms with Crippen LogP contribution >= 0.6 is 0 Å². The number of hydrogen-bond donors (Lipinski definition) is 0. The molecular formula is C19H20N4O2. The Hall–Kier alpha value is -2.89. The predicted octanol–water partition coefficient (Wildman–Crippen LogP) is 2.61. The molecule has 6 nitrogen and oxygen atoms in total. The van der Waals surface area contributed by atoms with Crippen LogP contribution in [0, 0.1) is 0 Å². The minimum absolute atomic E-state index is 0.0434. The zero-order chi connectivity index (χ0) is 17.4. The number of aryl methyl sites for hydroxylation is 1. The van der Waals surface area contributed by atoms with Crippen LogP contribution in [0.25, 0.3) is 11.0 Å². The van der Waals surface area contributed by atoms with E-state index >= 15 is 0 Å². The number of rotatable bonds is 3. The van der Waals surface area contributed by atoms with E-state index in [9.17, 15) is 4.79 Å². The molecule has 128 valence electrons. The molecule has 1 atom stereocenters. The summed E-state index contributed by atoms with van der Waals surface area (Å²) in [7, 11) is 3.62. The third kappa shape index (κ3) is 2.73. The Labute approximate surface area is 146 Å². The van der Waals surface area contributed by atoms with E-state index in [1.165, 1.54) is 0 Å². The number of carbonyl (C=O) groups excluding carboxylic acids is 1. The quantitative estimate of drug-likeness (QED) is 0.738. The summed E-state index contributed by atoms with van der Waals surface area (Å²) in [6.45, 7) is 1.42. The third-order valence-corrected chi connectivity index (χ3v) is 4.88. The first kappa shape index (κ1) is 15.6. The van der Waals surface area contributed by atoms with Crippen LogP contribution in [0.4, 0.5) is 0 Å². The Morgan fingerprint density at radius 1 is 1.32 bits per heavy atom. The maximum Gasteiger partial charge on any atom is 0.254 e. The van der Waals surface area contributed by atoms with Crippen LogP contribution in [-0.2, 0) is 7.05 Å². The number of ether oxygens (including phenoxy) is 1. The van der Waals surface area contributed by atoms with Gasteiger partial charge >= 0.3 is 0 Å². The summed E-state index contributed by atoms with van der Waals surface area (Å²) in [5, 5.41) is 0. The lowest BCUT2D eigenvalue weighted by molar-refractivity contribution is 0.0790. The molecule has 25 heavy (non-hydrogen) atoms. The van der Waals surface area contributed by atoms with E-state index in [4.69, 9.17) is 9.72 Å². The van der Waals surface area contributed by atoms with Crippen molar-refractivity contribution < 1.29 is 9.53 Å². The van der Waals surface area contributed by atoms with Gasteiger partial charge in [-0.15, -0.1) is 0 Å². The molecule has 3 aromatic rings. The monoisotopic (exact) mass is 336 g/mol. The molecule has 0 radical (unpaired) electrons. The average molecular weight is 336 g/mol. The van der Waals surface area contributed by atoms with Gasteiger partial charge in [0.15, 0.2) is 0 Å². The van der Waals surface area contributed by atoms with Gasteiger partial charge in [0.05, 0.1) is 24.3 Å². The molecule has 1 saturated heterocycles. The maximum atomic E-state index is 12.8. The second-order valence-corrected chi connectivity index (χ2v) is 6.36. The summed E-state index contributed by atoms with van der Waals surface area (Å²) in [6, 6.07) is 9.23. The van der Waals surface area contributed by atoms with Crippen LogP contribution in [0.1, 0.15) is 28.5 Å². The number of carbonyl (C=O) groups is 1. The van der Waals surface area contributed by atoms with Crippen molar-refractivity contribution in [3.8, 4) is 5.75 Å². The number of fused-ring (bicyclic) bond motifs is 1. The first-order valence-corrected chi connectivity index (χ1v) is 8.37. The van der Waals surface area contributed by atoms with Crippen molar-refractivity contribution in [1.82, 2.24) is 19.4 Å². The normalized spacial score (nSPS) is 17.2. The Bertz CT molecular complexity index is 934. The zero-order valence-electron chi connectivity index (χ0n) is 14.3. The van der Waals surface area contributed by atoms with Gasteiger partial charge in [-0.3, -0.25) is 9.78 Å². The van der Waals surface area contributed by atoms with Gasteiger partial charge in [0.1, 0.15) is 11.6 Å². The number of benzene rings is 1. The molecule has 0 spiro atoms. The summed E-state index contributed by atoms with van der Waals surface area (Å²) >= 11 is 0. The summed E-state index contributed by atoms with van der Waals surface area (Å²) < 4.78 is 7.31. The molecule has 1 amide bonds. The van der Waals surface area contributed by atoms with Crippen LogP contribution in [0.3, 0.4) is 0 Å². The summed E-state index contributed by atoms with van der Waals surface area (Å²) in [5.41, 5.74) is 2.63. The summed E-state index contributed by atoms with van der Waals surface area (Å²) in [6.07, 6.45) is 4.51. The molecule has 3 heterocycles. The number of methoxy groups -OCH3 is 1. The van der Waals surface area contributed by atoms with E-state index in [1.807, 2.05) is 42.4 Å². The molecule has 6 heteroatoms. The van der Waals surface area contributed by atoms with Gasteiger partial charge in [-0.1, -0.05) is 6.07 Å². The first-order chi connectivity index (χ1) is 12.2. The van der Waals surface area contributed by atoms with Crippen molar-refractivity contribution in [1.29, 1.82) is 0 Å². The van der Waals surface area contributed by atoms with Crippen molar-refractivity contribution in [2.24, 2.45) is 7.05 Å². The summed E-state index contributed by atoms with van der Waals surface area (Å²) in [5.74, 6) is 2.00. The molecule has 2 aromatic heterocycles. The highest BCUT2D eigenvalue weighted by molar-refractivity contribution is 5.94. The lowest BCUT2D eigenvalue weighted by atomic mass is 10.1. The second-order valence-electron chi connectivity index (χ2n) is 6.36. The van der Waals surface area contributed by atoms with Gasteiger partial charge in [-0.05, 0) is 30.7 Å². The van der Waals surface area contributed by atoms with Gasteiger partial charge in [-0.2, -0.15) is 0 Å². The molecule has 4 rings (SSSR count). The summed E-state index contributed by atoms with van der Waals surface area (Å²) in [4.78, 5) is 23.6. The molecule has 0 aliphatic carbocycles. The highest BCUT2D eigenvalue weighted by Crippen LogP contribution is 2.29. The van der Waals surface area contributed by atoms with E-state index in [2.05, 4.69) is 9.55 Å². The van der Waals surface area contributed by atoms with Crippen LogP contribution in [-0.4, -0.2) is 45.5 Å². The van der Waals surface area contributed by atoms with E-state index in [0.29, 0.717) is 17.9 Å². The SMILES string of the molecule is COc1cccc(C(=O)N2CCC(c3nc4ccncc4n3C)C2)c1. The average Bonchev–Trinajstić information content (AvgIpc) is 3.26. The Balaban J connectivity index is 1.56. The van der Waals surface area contributed by atoms with Crippen molar-refractivity contribution in [2.45, 2.75) is 12.3 Å². The van der Waals surface area contributed by atoms with Crippen molar-refractivity contribution in [3.05, 3.63) is 54.1 Å². The van der Waals surface area contributed by atoms with Gasteiger partial charge in [0.2, 0.25) is 0 Å². The van der Waals surface area contributed by atoms with Crippen molar-refractivity contribution in [3.63, 3.8) is 0 Å². The lowest BCUT2D eigenvalue weighted by Crippen LogP contribution is -2.28. The Kier molecular flexibility index (Phi) is 3.87. The van der Waals surface area contributed by atoms with E-state index in [-0.39, 0.29) is 11.8 Å². The number of nitrogens with zero attached hydrogens (tertiary/aromatic N) is 4. The number of likely N-dealkylation sites (tertiary alicyclic amines) is 1. The van der Waals surface area contributed by atoms with E-state index in [0.717, 1.165) is 29.8 Å². The number of amides is 1. The van der Waals surface area contributed by atoms with Crippen LogP contribution < -0.4 is 4.74 Å². The molecule has 1 aliphatic heterocycles. The number of imidazole rings is 1.